The van der Waals surface area contributed by atoms with E-state index in [4.69, 9.17) is 10.3 Å². The Hall–Kier alpha value is -4.12. The number of rotatable bonds is 12. The van der Waals surface area contributed by atoms with Gasteiger partial charge in [-0.05, 0) is 95.0 Å². The number of carbonyl (C=O) groups excluding carboxylic acids is 5. The summed E-state index contributed by atoms with van der Waals surface area (Å²) in [7, 11) is 0. The van der Waals surface area contributed by atoms with Crippen LogP contribution in [0, 0.1) is 0 Å². The molecule has 2 N–H and O–H groups in total. The van der Waals surface area contributed by atoms with Crippen molar-refractivity contribution in [1.82, 2.24) is 15.1 Å². The predicted molar refractivity (Wildman–Crippen MR) is 167 cm³/mol. The van der Waals surface area contributed by atoms with Gasteiger partial charge in [-0.25, -0.2) is 4.79 Å². The van der Waals surface area contributed by atoms with Crippen molar-refractivity contribution in [3.05, 3.63) is 39.8 Å². The van der Waals surface area contributed by atoms with Crippen molar-refractivity contribution in [2.75, 3.05) is 11.9 Å². The second-order valence-corrected chi connectivity index (χ2v) is 13.2. The van der Waals surface area contributed by atoms with E-state index in [9.17, 15) is 24.0 Å². The lowest BCUT2D eigenvalue weighted by atomic mass is 9.90. The van der Waals surface area contributed by atoms with Gasteiger partial charge in [-0.2, -0.15) is 0 Å². The summed E-state index contributed by atoms with van der Waals surface area (Å²) >= 11 is 0. The van der Waals surface area contributed by atoms with Crippen LogP contribution in [0.1, 0.15) is 114 Å². The molecule has 1 atom stereocenters. The molecule has 1 saturated heterocycles. The van der Waals surface area contributed by atoms with E-state index in [-0.39, 0.29) is 48.9 Å². The molecule has 1 aromatic carbocycles. The molecule has 4 rings (SSSR count). The van der Waals surface area contributed by atoms with E-state index in [1.54, 1.807) is 18.2 Å². The Labute approximate surface area is 264 Å². The normalized spacial score (nSPS) is 21.4. The first-order chi connectivity index (χ1) is 21.4. The smallest absolute Gasteiger partial charge is 0.410 e. The number of hydrogen-bond donors (Lipinski definition) is 2. The molecule has 2 heterocycles. The molecule has 1 saturated carbocycles. The van der Waals surface area contributed by atoms with E-state index >= 15 is 0 Å². The van der Waals surface area contributed by atoms with Crippen LogP contribution in [-0.2, 0) is 25.7 Å². The van der Waals surface area contributed by atoms with Crippen molar-refractivity contribution in [3.63, 3.8) is 0 Å². The fourth-order valence-corrected chi connectivity index (χ4v) is 6.28. The highest BCUT2D eigenvalue weighted by atomic mass is 16.6. The van der Waals surface area contributed by atoms with Crippen LogP contribution in [0.3, 0.4) is 0 Å². The fourth-order valence-electron chi connectivity index (χ4n) is 6.28. The first kappa shape index (κ1) is 33.8. The molecule has 3 aliphatic rings. The van der Waals surface area contributed by atoms with E-state index in [0.29, 0.717) is 30.6 Å². The molecule has 1 unspecified atom stereocenters. The van der Waals surface area contributed by atoms with Crippen LogP contribution in [-0.4, -0.2) is 69.8 Å². The van der Waals surface area contributed by atoms with Gasteiger partial charge in [0.1, 0.15) is 11.6 Å². The summed E-state index contributed by atoms with van der Waals surface area (Å²) in [6.07, 6.45) is 8.01. The highest BCUT2D eigenvalue weighted by Crippen LogP contribution is 2.30. The van der Waals surface area contributed by atoms with Gasteiger partial charge >= 0.3 is 6.09 Å². The SMILES string of the molecule is CC(C)(C)OC(=O)N(CCCCCCCC(=O)Nc1ccc2c(c1)CN(C1CCC(=O)NC1=O)C2=O)C1CCC(N=[N+]=[N-])CC1. The number of nitrogens with zero attached hydrogens (tertiary/aromatic N) is 5. The average molecular weight is 624 g/mol. The molecule has 0 radical (unpaired) electrons. The Morgan fingerprint density at radius 2 is 1.78 bits per heavy atom. The van der Waals surface area contributed by atoms with Gasteiger partial charge in [-0.1, -0.05) is 24.4 Å². The number of nitrogens with one attached hydrogen (secondary N) is 2. The van der Waals surface area contributed by atoms with Gasteiger partial charge in [-0.15, -0.1) is 0 Å². The Balaban J connectivity index is 1.17. The van der Waals surface area contributed by atoms with Crippen molar-refractivity contribution in [1.29, 1.82) is 0 Å². The number of azide groups is 1. The minimum absolute atomic E-state index is 0.00816. The summed E-state index contributed by atoms with van der Waals surface area (Å²) in [5.74, 6) is -1.13. The molecule has 13 nitrogen and oxygen atoms in total. The van der Waals surface area contributed by atoms with Gasteiger partial charge in [0.15, 0.2) is 0 Å². The molecule has 1 aromatic rings. The number of anilines is 1. The lowest BCUT2D eigenvalue weighted by Crippen LogP contribution is -2.52. The molecular weight excluding hydrogens is 578 g/mol. The van der Waals surface area contributed by atoms with Crippen molar-refractivity contribution >= 4 is 35.4 Å². The molecule has 2 aliphatic heterocycles. The van der Waals surface area contributed by atoms with E-state index < -0.39 is 17.6 Å². The number of unbranched alkanes of at least 4 members (excludes halogenated alkanes) is 4. The zero-order valence-electron chi connectivity index (χ0n) is 26.5. The second-order valence-electron chi connectivity index (χ2n) is 13.2. The summed E-state index contributed by atoms with van der Waals surface area (Å²) in [6, 6.07) is 4.54. The minimum atomic E-state index is -0.675. The minimum Gasteiger partial charge on any atom is -0.444 e. The van der Waals surface area contributed by atoms with Gasteiger partial charge in [-0.3, -0.25) is 24.5 Å². The number of ether oxygens (including phenoxy) is 1. The van der Waals surface area contributed by atoms with Crippen LogP contribution in [0.25, 0.3) is 10.4 Å². The van der Waals surface area contributed by atoms with Crippen molar-refractivity contribution in [2.45, 2.75) is 128 Å². The Bertz CT molecular complexity index is 1330. The molecule has 1 aliphatic carbocycles. The molecule has 2 fully saturated rings. The number of imide groups is 1. The van der Waals surface area contributed by atoms with Gasteiger partial charge in [0.2, 0.25) is 17.7 Å². The van der Waals surface area contributed by atoms with E-state index in [2.05, 4.69) is 20.7 Å². The molecule has 0 aromatic heterocycles. The van der Waals surface area contributed by atoms with E-state index in [1.807, 2.05) is 25.7 Å². The molecule has 244 valence electrons. The van der Waals surface area contributed by atoms with Crippen LogP contribution in [0.4, 0.5) is 10.5 Å². The third-order valence-corrected chi connectivity index (χ3v) is 8.56. The summed E-state index contributed by atoms with van der Waals surface area (Å²) in [6.45, 7) is 6.45. The third kappa shape index (κ3) is 9.43. The van der Waals surface area contributed by atoms with Gasteiger partial charge in [0, 0.05) is 54.2 Å². The fraction of sp³-hybridized carbons (Fsp3) is 0.656. The van der Waals surface area contributed by atoms with Crippen LogP contribution in [0.15, 0.2) is 23.3 Å². The Morgan fingerprint density at radius 1 is 1.07 bits per heavy atom. The molecule has 45 heavy (non-hydrogen) atoms. The van der Waals surface area contributed by atoms with Crippen LogP contribution < -0.4 is 10.6 Å². The first-order valence-electron chi connectivity index (χ1n) is 16.1. The maximum absolute atomic E-state index is 13.0. The van der Waals surface area contributed by atoms with Gasteiger partial charge < -0.3 is 19.9 Å². The van der Waals surface area contributed by atoms with Crippen molar-refractivity contribution in [3.8, 4) is 0 Å². The number of amides is 5. The lowest BCUT2D eigenvalue weighted by molar-refractivity contribution is -0.137. The summed E-state index contributed by atoms with van der Waals surface area (Å²) in [5.41, 5.74) is 10.0. The average Bonchev–Trinajstić information content (AvgIpc) is 3.29. The quantitative estimate of drug-likeness (QED) is 0.101. The number of hydrogen-bond acceptors (Lipinski definition) is 7. The monoisotopic (exact) mass is 623 g/mol. The zero-order valence-corrected chi connectivity index (χ0v) is 26.5. The Kier molecular flexibility index (Phi) is 11.4. The number of piperidine rings is 1. The molecular formula is C32H45N7O6. The highest BCUT2D eigenvalue weighted by molar-refractivity contribution is 6.05. The van der Waals surface area contributed by atoms with Crippen molar-refractivity contribution < 1.29 is 28.7 Å². The zero-order chi connectivity index (χ0) is 32.6. The van der Waals surface area contributed by atoms with Crippen molar-refractivity contribution in [2.24, 2.45) is 5.11 Å². The lowest BCUT2D eigenvalue weighted by Gasteiger charge is -2.37. The van der Waals surface area contributed by atoms with Gasteiger partial charge in [0.05, 0.1) is 0 Å². The molecule has 13 heteroatoms. The summed E-state index contributed by atoms with van der Waals surface area (Å²) < 4.78 is 5.68. The number of fused-ring (bicyclic) bond motifs is 1. The standard InChI is InChI=1S/C32H45N7O6/c1-32(2,3)45-31(44)38(24-13-10-22(11-14-24)36-37-33)18-8-6-4-5-7-9-27(40)34-23-12-15-25-21(19-23)20-39(30(25)43)26-16-17-28(41)35-29(26)42/h12,15,19,22,24,26H,4-11,13-14,16-18,20H2,1-3H3,(H,34,40)(H,35,41,42). The van der Waals surface area contributed by atoms with Crippen LogP contribution in [0.5, 0.6) is 0 Å². The molecule has 0 spiro atoms. The highest BCUT2D eigenvalue weighted by Gasteiger charge is 2.39. The first-order valence-corrected chi connectivity index (χ1v) is 16.1. The number of carbonyl (C=O) groups is 5. The van der Waals surface area contributed by atoms with Crippen LogP contribution in [0.2, 0.25) is 0 Å². The topological polar surface area (TPSA) is 174 Å². The largest absolute Gasteiger partial charge is 0.444 e. The number of benzene rings is 1. The van der Waals surface area contributed by atoms with E-state index in [1.165, 1.54) is 4.90 Å². The summed E-state index contributed by atoms with van der Waals surface area (Å²) in [4.78, 5) is 68.5. The Morgan fingerprint density at radius 3 is 2.47 bits per heavy atom. The molecule has 5 amide bonds. The maximum Gasteiger partial charge on any atom is 0.410 e. The second kappa shape index (κ2) is 15.2. The summed E-state index contributed by atoms with van der Waals surface area (Å²) in [5, 5.41) is 9.06. The maximum atomic E-state index is 13.0. The van der Waals surface area contributed by atoms with Crippen LogP contribution >= 0.6 is 0 Å². The third-order valence-electron chi connectivity index (χ3n) is 8.56. The van der Waals surface area contributed by atoms with Gasteiger partial charge in [0.25, 0.3) is 5.91 Å². The predicted octanol–water partition coefficient (Wildman–Crippen LogP) is 5.59. The van der Waals surface area contributed by atoms with E-state index in [0.717, 1.165) is 63.4 Å². The molecule has 0 bridgehead atoms.